The summed E-state index contributed by atoms with van der Waals surface area (Å²) in [6.07, 6.45) is 3.51. The van der Waals surface area contributed by atoms with E-state index in [0.717, 1.165) is 36.1 Å². The van der Waals surface area contributed by atoms with Crippen molar-refractivity contribution in [1.29, 1.82) is 0 Å². The molecule has 2 atom stereocenters. The van der Waals surface area contributed by atoms with Crippen molar-refractivity contribution in [2.24, 2.45) is 11.8 Å². The third-order valence-electron chi connectivity index (χ3n) is 5.07. The zero-order chi connectivity index (χ0) is 17.3. The molecule has 128 valence electrons. The van der Waals surface area contributed by atoms with Gasteiger partial charge in [-0.05, 0) is 36.5 Å². The first-order valence-corrected chi connectivity index (χ1v) is 8.72. The molecule has 1 heterocycles. The molecule has 2 fully saturated rings. The number of hydrogen-bond acceptors (Lipinski definition) is 3. The average molecular weight is 328 g/mol. The fourth-order valence-electron chi connectivity index (χ4n) is 3.71. The van der Waals surface area contributed by atoms with E-state index in [4.69, 9.17) is 0 Å². The van der Waals surface area contributed by atoms with Gasteiger partial charge in [-0.1, -0.05) is 38.8 Å². The van der Waals surface area contributed by atoms with Crippen LogP contribution in [0.25, 0.3) is 0 Å². The van der Waals surface area contributed by atoms with Crippen molar-refractivity contribution in [3.05, 3.63) is 29.8 Å². The minimum atomic E-state index is -0.323. The number of fused-ring (bicyclic) bond motifs is 1. The highest BCUT2D eigenvalue weighted by molar-refractivity contribution is 6.08. The number of hydrogen-bond donors (Lipinski definition) is 1. The monoisotopic (exact) mass is 328 g/mol. The molecule has 0 spiro atoms. The highest BCUT2D eigenvalue weighted by Crippen LogP contribution is 2.37. The second kappa shape index (κ2) is 6.75. The second-order valence-corrected chi connectivity index (χ2v) is 7.09. The predicted molar refractivity (Wildman–Crippen MR) is 91.3 cm³/mol. The second-order valence-electron chi connectivity index (χ2n) is 7.09. The Balaban J connectivity index is 1.65. The first-order valence-electron chi connectivity index (χ1n) is 8.72. The summed E-state index contributed by atoms with van der Waals surface area (Å²) in [4.78, 5) is 38.3. The van der Waals surface area contributed by atoms with E-state index in [9.17, 15) is 14.4 Å². The van der Waals surface area contributed by atoms with Gasteiger partial charge in [0.25, 0.3) is 0 Å². The number of nitrogens with one attached hydrogen (secondary N) is 1. The van der Waals surface area contributed by atoms with Gasteiger partial charge >= 0.3 is 0 Å². The number of likely N-dealkylation sites (tertiary alicyclic amines) is 1. The third-order valence-corrected chi connectivity index (χ3v) is 5.07. The fraction of sp³-hybridized carbons (Fsp3) is 0.526. The predicted octanol–water partition coefficient (Wildman–Crippen LogP) is 2.92. The Bertz CT molecular complexity index is 644. The van der Waals surface area contributed by atoms with Crippen LogP contribution in [-0.4, -0.2) is 29.2 Å². The molecule has 1 aromatic carbocycles. The van der Waals surface area contributed by atoms with Gasteiger partial charge in [0.2, 0.25) is 17.7 Å². The van der Waals surface area contributed by atoms with Gasteiger partial charge in [-0.25, -0.2) is 0 Å². The molecular formula is C19H24N2O3. The van der Waals surface area contributed by atoms with E-state index in [1.807, 2.05) is 24.3 Å². The van der Waals surface area contributed by atoms with Crippen LogP contribution in [0.4, 0.5) is 5.69 Å². The molecule has 3 amide bonds. The third kappa shape index (κ3) is 3.21. The van der Waals surface area contributed by atoms with Crippen LogP contribution in [0.3, 0.4) is 0 Å². The Labute approximate surface area is 142 Å². The lowest BCUT2D eigenvalue weighted by Gasteiger charge is -2.19. The Hall–Kier alpha value is -2.17. The summed E-state index contributed by atoms with van der Waals surface area (Å²) in [6, 6.07) is 7.65. The van der Waals surface area contributed by atoms with Gasteiger partial charge < -0.3 is 5.32 Å². The smallest absolute Gasteiger partial charge is 0.244 e. The van der Waals surface area contributed by atoms with Crippen LogP contribution in [0.2, 0.25) is 0 Å². The maximum absolute atomic E-state index is 12.4. The molecule has 1 aliphatic carbocycles. The van der Waals surface area contributed by atoms with Gasteiger partial charge in [-0.3, -0.25) is 19.3 Å². The molecule has 1 aromatic rings. The molecule has 0 bridgehead atoms. The van der Waals surface area contributed by atoms with E-state index in [2.05, 4.69) is 19.2 Å². The van der Waals surface area contributed by atoms with Crippen LogP contribution < -0.4 is 5.32 Å². The number of benzene rings is 1. The molecule has 5 nitrogen and oxygen atoms in total. The molecule has 1 saturated carbocycles. The largest absolute Gasteiger partial charge is 0.325 e. The molecule has 3 rings (SSSR count). The van der Waals surface area contributed by atoms with E-state index < -0.39 is 0 Å². The maximum atomic E-state index is 12.4. The molecule has 1 aliphatic heterocycles. The van der Waals surface area contributed by atoms with Crippen molar-refractivity contribution < 1.29 is 14.4 Å². The molecule has 0 radical (unpaired) electrons. The van der Waals surface area contributed by atoms with Gasteiger partial charge in [0.05, 0.1) is 11.8 Å². The van der Waals surface area contributed by atoms with Crippen molar-refractivity contribution in [3.63, 3.8) is 0 Å². The topological polar surface area (TPSA) is 66.5 Å². The molecule has 5 heteroatoms. The van der Waals surface area contributed by atoms with Crippen LogP contribution in [-0.2, 0) is 14.4 Å². The summed E-state index contributed by atoms with van der Waals surface area (Å²) >= 11 is 0. The van der Waals surface area contributed by atoms with Crippen LogP contribution >= 0.6 is 0 Å². The number of anilines is 1. The molecule has 24 heavy (non-hydrogen) atoms. The zero-order valence-electron chi connectivity index (χ0n) is 14.2. The molecule has 0 unspecified atom stereocenters. The van der Waals surface area contributed by atoms with Gasteiger partial charge in [0, 0.05) is 5.69 Å². The summed E-state index contributed by atoms with van der Waals surface area (Å²) in [7, 11) is 0. The van der Waals surface area contributed by atoms with E-state index in [0.29, 0.717) is 11.6 Å². The highest BCUT2D eigenvalue weighted by atomic mass is 16.2. The van der Waals surface area contributed by atoms with E-state index in [-0.39, 0.29) is 36.1 Å². The lowest BCUT2D eigenvalue weighted by molar-refractivity contribution is -0.142. The zero-order valence-corrected chi connectivity index (χ0v) is 14.2. The summed E-state index contributed by atoms with van der Waals surface area (Å²) in [6.45, 7) is 3.99. The molecule has 1 N–H and O–H groups in total. The van der Waals surface area contributed by atoms with Crippen molar-refractivity contribution >= 4 is 23.4 Å². The van der Waals surface area contributed by atoms with E-state index in [1.54, 1.807) is 0 Å². The minimum Gasteiger partial charge on any atom is -0.325 e. The standard InChI is InChI=1S/C19H24N2O3/c1-12(2)13-6-5-7-14(10-13)20-17(22)11-21-18(23)15-8-3-4-9-16(15)19(21)24/h5-7,10,12,15-16H,3-4,8-9,11H2,1-2H3,(H,20,22)/t15-,16-/m0/s1. The van der Waals surface area contributed by atoms with Crippen LogP contribution in [0.1, 0.15) is 51.0 Å². The number of carbonyl (C=O) groups is 3. The fourth-order valence-corrected chi connectivity index (χ4v) is 3.71. The first-order chi connectivity index (χ1) is 11.5. The van der Waals surface area contributed by atoms with Crippen molar-refractivity contribution in [1.82, 2.24) is 4.90 Å². The number of imide groups is 1. The molecule has 1 saturated heterocycles. The Kier molecular flexibility index (Phi) is 4.69. The number of carbonyl (C=O) groups excluding carboxylic acids is 3. The minimum absolute atomic E-state index is 0.171. The molecule has 2 aliphatic rings. The van der Waals surface area contributed by atoms with Crippen LogP contribution in [0.15, 0.2) is 24.3 Å². The number of rotatable bonds is 4. The summed E-state index contributed by atoms with van der Waals surface area (Å²) in [5, 5.41) is 2.80. The number of nitrogens with zero attached hydrogens (tertiary/aromatic N) is 1. The van der Waals surface area contributed by atoms with Gasteiger partial charge in [-0.15, -0.1) is 0 Å². The summed E-state index contributed by atoms with van der Waals surface area (Å²) < 4.78 is 0. The molecule has 0 aromatic heterocycles. The summed E-state index contributed by atoms with van der Waals surface area (Å²) in [5.41, 5.74) is 1.83. The number of amides is 3. The lowest BCUT2D eigenvalue weighted by Crippen LogP contribution is -2.38. The quantitative estimate of drug-likeness (QED) is 0.864. The lowest BCUT2D eigenvalue weighted by atomic mass is 9.81. The SMILES string of the molecule is CC(C)c1cccc(NC(=O)CN2C(=O)[C@H]3CCCC[C@@H]3C2=O)c1. The normalized spacial score (nSPS) is 23.5. The first kappa shape index (κ1) is 16.7. The average Bonchev–Trinajstić information content (AvgIpc) is 2.80. The molecular weight excluding hydrogens is 304 g/mol. The van der Waals surface area contributed by atoms with Crippen LogP contribution in [0, 0.1) is 11.8 Å². The van der Waals surface area contributed by atoms with Gasteiger partial charge in [0.15, 0.2) is 0 Å². The van der Waals surface area contributed by atoms with E-state index in [1.165, 1.54) is 0 Å². The Morgan fingerprint density at radius 2 is 1.79 bits per heavy atom. The van der Waals surface area contributed by atoms with Crippen molar-refractivity contribution in [2.75, 3.05) is 11.9 Å². The summed E-state index contributed by atoms with van der Waals surface area (Å²) in [5.74, 6) is -0.707. The van der Waals surface area contributed by atoms with Crippen LogP contribution in [0.5, 0.6) is 0 Å². The Morgan fingerprint density at radius 3 is 2.38 bits per heavy atom. The van der Waals surface area contributed by atoms with E-state index >= 15 is 0 Å². The van der Waals surface area contributed by atoms with Gasteiger partial charge in [-0.2, -0.15) is 0 Å². The van der Waals surface area contributed by atoms with Gasteiger partial charge in [0.1, 0.15) is 6.54 Å². The Morgan fingerprint density at radius 1 is 1.17 bits per heavy atom. The van der Waals surface area contributed by atoms with Crippen molar-refractivity contribution in [3.8, 4) is 0 Å². The maximum Gasteiger partial charge on any atom is 0.244 e. The van der Waals surface area contributed by atoms with Crippen molar-refractivity contribution in [2.45, 2.75) is 45.4 Å². The highest BCUT2D eigenvalue weighted by Gasteiger charge is 2.48.